The molecule has 0 bridgehead atoms. The average Bonchev–Trinajstić information content (AvgIpc) is 3.21. The summed E-state index contributed by atoms with van der Waals surface area (Å²) in [6.45, 7) is 1.97. The van der Waals surface area contributed by atoms with Crippen LogP contribution in [0.4, 0.5) is 0 Å². The van der Waals surface area contributed by atoms with Crippen LogP contribution in [-0.4, -0.2) is 24.7 Å². The van der Waals surface area contributed by atoms with Gasteiger partial charge in [-0.25, -0.2) is 10.2 Å². The fourth-order valence-corrected chi connectivity index (χ4v) is 4.74. The number of thiophene rings is 1. The van der Waals surface area contributed by atoms with Gasteiger partial charge in [0.2, 0.25) is 0 Å². The van der Waals surface area contributed by atoms with Gasteiger partial charge in [0.1, 0.15) is 16.4 Å². The van der Waals surface area contributed by atoms with E-state index in [0.29, 0.717) is 27.0 Å². The van der Waals surface area contributed by atoms with E-state index >= 15 is 0 Å². The lowest BCUT2D eigenvalue weighted by atomic mass is 10.1. The van der Waals surface area contributed by atoms with Crippen LogP contribution in [0.25, 0.3) is 10.1 Å². The minimum atomic E-state index is -0.529. The molecule has 1 N–H and O–H groups in total. The molecule has 1 amide bonds. The molecule has 0 aliphatic heterocycles. The fraction of sp³-hybridized carbons (Fsp3) is 0.148. The highest BCUT2D eigenvalue weighted by Crippen LogP contribution is 2.35. The second kappa shape index (κ2) is 11.6. The van der Waals surface area contributed by atoms with E-state index in [4.69, 9.17) is 21.1 Å². The summed E-state index contributed by atoms with van der Waals surface area (Å²) < 4.78 is 11.9. The number of carbonyl (C=O) groups excluding carboxylic acids is 2. The number of benzene rings is 3. The highest BCUT2D eigenvalue weighted by molar-refractivity contribution is 7.21. The predicted molar refractivity (Wildman–Crippen MR) is 140 cm³/mol. The van der Waals surface area contributed by atoms with E-state index in [1.165, 1.54) is 23.1 Å². The lowest BCUT2D eigenvalue weighted by Crippen LogP contribution is -2.24. The van der Waals surface area contributed by atoms with Crippen LogP contribution in [-0.2, 0) is 11.2 Å². The maximum Gasteiger partial charge on any atom is 0.355 e. The highest BCUT2D eigenvalue weighted by atomic mass is 35.5. The fourth-order valence-electron chi connectivity index (χ4n) is 3.36. The van der Waals surface area contributed by atoms with Crippen molar-refractivity contribution in [2.75, 3.05) is 6.61 Å². The Kier molecular flexibility index (Phi) is 8.13. The Balaban J connectivity index is 1.30. The van der Waals surface area contributed by atoms with E-state index in [9.17, 15) is 9.59 Å². The van der Waals surface area contributed by atoms with Gasteiger partial charge in [0, 0.05) is 10.1 Å². The molecule has 4 aromatic rings. The predicted octanol–water partition coefficient (Wildman–Crippen LogP) is 6.26. The number of hydrogen-bond acceptors (Lipinski definition) is 6. The maximum atomic E-state index is 12.7. The summed E-state index contributed by atoms with van der Waals surface area (Å²) >= 11 is 7.66. The molecule has 0 radical (unpaired) electrons. The van der Waals surface area contributed by atoms with Gasteiger partial charge in [0.15, 0.2) is 6.61 Å². The Morgan fingerprint density at radius 2 is 1.83 bits per heavy atom. The molecule has 0 unspecified atom stereocenters. The van der Waals surface area contributed by atoms with Crippen molar-refractivity contribution in [2.24, 2.45) is 5.10 Å². The first-order valence-electron chi connectivity index (χ1n) is 11.1. The number of aryl methyl sites for hydroxylation is 1. The van der Waals surface area contributed by atoms with Gasteiger partial charge in [-0.1, -0.05) is 67.4 Å². The zero-order chi connectivity index (χ0) is 24.6. The summed E-state index contributed by atoms with van der Waals surface area (Å²) in [7, 11) is 0. The third kappa shape index (κ3) is 6.47. The van der Waals surface area contributed by atoms with Crippen molar-refractivity contribution in [3.05, 3.63) is 93.8 Å². The Morgan fingerprint density at radius 3 is 2.60 bits per heavy atom. The summed E-state index contributed by atoms with van der Waals surface area (Å²) in [4.78, 5) is 25.0. The topological polar surface area (TPSA) is 77.0 Å². The van der Waals surface area contributed by atoms with Crippen molar-refractivity contribution in [1.29, 1.82) is 0 Å². The Morgan fingerprint density at radius 1 is 1.03 bits per heavy atom. The van der Waals surface area contributed by atoms with Crippen molar-refractivity contribution in [3.8, 4) is 11.5 Å². The molecular formula is C27H23ClN2O4S. The molecular weight excluding hydrogens is 484 g/mol. The second-order valence-electron chi connectivity index (χ2n) is 7.68. The van der Waals surface area contributed by atoms with Crippen LogP contribution < -0.4 is 14.9 Å². The SMILES string of the molecule is CCCc1ccc(OCC(=O)NN=Cc2cccc(OC(=O)c3sc4ccccc4c3Cl)c2)cc1. The van der Waals surface area contributed by atoms with Crippen molar-refractivity contribution in [1.82, 2.24) is 5.43 Å². The first kappa shape index (κ1) is 24.4. The van der Waals surface area contributed by atoms with Gasteiger partial charge in [0.05, 0.1) is 11.2 Å². The number of nitrogens with zero attached hydrogens (tertiary/aromatic N) is 1. The van der Waals surface area contributed by atoms with Gasteiger partial charge in [0.25, 0.3) is 5.91 Å². The lowest BCUT2D eigenvalue weighted by molar-refractivity contribution is -0.123. The zero-order valence-electron chi connectivity index (χ0n) is 19.0. The standard InChI is InChI=1S/C27H23ClN2O4S/c1-2-6-18-11-13-20(14-12-18)33-17-24(31)30-29-16-19-7-5-8-21(15-19)34-27(32)26-25(28)22-9-3-4-10-23(22)35-26/h3-5,7-16H,2,6,17H2,1H3,(H,30,31). The van der Waals surface area contributed by atoms with Crippen LogP contribution in [0, 0.1) is 0 Å². The summed E-state index contributed by atoms with van der Waals surface area (Å²) in [5.41, 5.74) is 4.30. The molecule has 4 rings (SSSR count). The van der Waals surface area contributed by atoms with Gasteiger partial charge in [-0.15, -0.1) is 11.3 Å². The summed E-state index contributed by atoms with van der Waals surface area (Å²) in [5.74, 6) is 0.0465. The summed E-state index contributed by atoms with van der Waals surface area (Å²) in [5, 5.41) is 5.15. The molecule has 6 nitrogen and oxygen atoms in total. The molecule has 1 heterocycles. The minimum Gasteiger partial charge on any atom is -0.484 e. The summed E-state index contributed by atoms with van der Waals surface area (Å²) in [6, 6.07) is 22.0. The first-order valence-corrected chi connectivity index (χ1v) is 12.3. The molecule has 0 saturated heterocycles. The van der Waals surface area contributed by atoms with Crippen molar-refractivity contribution < 1.29 is 19.1 Å². The van der Waals surface area contributed by atoms with E-state index in [1.807, 2.05) is 48.5 Å². The number of rotatable bonds is 9. The van der Waals surface area contributed by atoms with Crippen LogP contribution in [0.1, 0.15) is 34.1 Å². The van der Waals surface area contributed by atoms with Crippen molar-refractivity contribution in [3.63, 3.8) is 0 Å². The molecule has 0 spiro atoms. The van der Waals surface area contributed by atoms with E-state index in [-0.39, 0.29) is 12.5 Å². The Labute approximate surface area is 212 Å². The highest BCUT2D eigenvalue weighted by Gasteiger charge is 2.19. The van der Waals surface area contributed by atoms with Gasteiger partial charge in [-0.05, 0) is 47.9 Å². The van der Waals surface area contributed by atoms with Crippen molar-refractivity contribution >= 4 is 51.1 Å². The summed E-state index contributed by atoms with van der Waals surface area (Å²) in [6.07, 6.45) is 3.54. The molecule has 0 fully saturated rings. The minimum absolute atomic E-state index is 0.155. The van der Waals surface area contributed by atoms with Crippen molar-refractivity contribution in [2.45, 2.75) is 19.8 Å². The molecule has 3 aromatic carbocycles. The molecule has 0 atom stereocenters. The number of amides is 1. The largest absolute Gasteiger partial charge is 0.484 e. The van der Waals surface area contributed by atoms with Crippen LogP contribution in [0.15, 0.2) is 77.9 Å². The number of esters is 1. The quantitative estimate of drug-likeness (QED) is 0.126. The van der Waals surface area contributed by atoms with Crippen LogP contribution in [0.3, 0.4) is 0 Å². The number of hydrazone groups is 1. The normalized spacial score (nSPS) is 11.0. The number of nitrogens with one attached hydrogen (secondary N) is 1. The third-order valence-electron chi connectivity index (χ3n) is 5.02. The van der Waals surface area contributed by atoms with E-state index in [0.717, 1.165) is 22.9 Å². The molecule has 178 valence electrons. The molecule has 1 aromatic heterocycles. The number of ether oxygens (including phenoxy) is 2. The maximum absolute atomic E-state index is 12.7. The molecule has 8 heteroatoms. The van der Waals surface area contributed by atoms with E-state index in [1.54, 1.807) is 24.3 Å². The third-order valence-corrected chi connectivity index (χ3v) is 6.68. The molecule has 0 aliphatic carbocycles. The number of hydrogen-bond donors (Lipinski definition) is 1. The van der Waals surface area contributed by atoms with Gasteiger partial charge in [-0.3, -0.25) is 4.79 Å². The second-order valence-corrected chi connectivity index (χ2v) is 9.11. The van der Waals surface area contributed by atoms with Gasteiger partial charge < -0.3 is 9.47 Å². The molecule has 0 aliphatic rings. The Bertz CT molecular complexity index is 1370. The molecule has 35 heavy (non-hydrogen) atoms. The number of carbonyl (C=O) groups is 2. The van der Waals surface area contributed by atoms with Gasteiger partial charge >= 0.3 is 5.97 Å². The van der Waals surface area contributed by atoms with E-state index < -0.39 is 5.97 Å². The lowest BCUT2D eigenvalue weighted by Gasteiger charge is -2.06. The van der Waals surface area contributed by atoms with Crippen LogP contribution in [0.5, 0.6) is 11.5 Å². The van der Waals surface area contributed by atoms with E-state index in [2.05, 4.69) is 17.5 Å². The first-order chi connectivity index (χ1) is 17.0. The van der Waals surface area contributed by atoms with Gasteiger partial charge in [-0.2, -0.15) is 5.10 Å². The van der Waals surface area contributed by atoms with Crippen LogP contribution >= 0.6 is 22.9 Å². The average molecular weight is 507 g/mol. The number of halogens is 1. The smallest absolute Gasteiger partial charge is 0.355 e. The monoisotopic (exact) mass is 506 g/mol. The molecule has 0 saturated carbocycles. The Hall–Kier alpha value is -3.68. The number of fused-ring (bicyclic) bond motifs is 1. The van der Waals surface area contributed by atoms with Crippen LogP contribution in [0.2, 0.25) is 5.02 Å². The zero-order valence-corrected chi connectivity index (χ0v) is 20.6.